The first-order valence-electron chi connectivity index (χ1n) is 9.65. The van der Waals surface area contributed by atoms with E-state index in [9.17, 15) is 27.6 Å². The number of carbonyl (C=O) groups is 2. The van der Waals surface area contributed by atoms with Gasteiger partial charge in [-0.15, -0.1) is 0 Å². The molecule has 0 spiro atoms. The first-order valence-corrected chi connectivity index (χ1v) is 9.65. The SMILES string of the molecule is CC(=O)c1cccc(NC(=O)Cn2cnc3c(cnn3-c3cccc(C(F)(F)F)c3)c2=O)c1. The van der Waals surface area contributed by atoms with Crippen LogP contribution in [-0.2, 0) is 17.5 Å². The zero-order valence-electron chi connectivity index (χ0n) is 17.1. The van der Waals surface area contributed by atoms with E-state index in [0.717, 1.165) is 27.7 Å². The van der Waals surface area contributed by atoms with Crippen LogP contribution in [0.2, 0.25) is 0 Å². The van der Waals surface area contributed by atoms with Crippen molar-refractivity contribution in [3.8, 4) is 5.69 Å². The van der Waals surface area contributed by atoms with E-state index in [1.807, 2.05) is 0 Å². The quantitative estimate of drug-likeness (QED) is 0.465. The number of aromatic nitrogens is 4. The molecular weight excluding hydrogens is 439 g/mol. The molecule has 2 aromatic heterocycles. The fraction of sp³-hybridized carbons (Fsp3) is 0.136. The van der Waals surface area contributed by atoms with Crippen LogP contribution in [-0.4, -0.2) is 31.0 Å². The molecule has 0 saturated carbocycles. The lowest BCUT2D eigenvalue weighted by Crippen LogP contribution is -2.27. The third-order valence-electron chi connectivity index (χ3n) is 4.84. The Morgan fingerprint density at radius 3 is 2.58 bits per heavy atom. The van der Waals surface area contributed by atoms with Crippen molar-refractivity contribution in [2.24, 2.45) is 0 Å². The summed E-state index contributed by atoms with van der Waals surface area (Å²) in [5, 5.41) is 6.65. The lowest BCUT2D eigenvalue weighted by molar-refractivity contribution is -0.137. The van der Waals surface area contributed by atoms with E-state index >= 15 is 0 Å². The van der Waals surface area contributed by atoms with Crippen molar-refractivity contribution >= 4 is 28.4 Å². The highest BCUT2D eigenvalue weighted by Crippen LogP contribution is 2.30. The van der Waals surface area contributed by atoms with Crippen LogP contribution in [0.3, 0.4) is 0 Å². The van der Waals surface area contributed by atoms with Crippen LogP contribution in [0.25, 0.3) is 16.7 Å². The maximum Gasteiger partial charge on any atom is 0.416 e. The van der Waals surface area contributed by atoms with Crippen LogP contribution < -0.4 is 10.9 Å². The normalized spacial score (nSPS) is 11.5. The van der Waals surface area contributed by atoms with Crippen LogP contribution in [0, 0.1) is 0 Å². The summed E-state index contributed by atoms with van der Waals surface area (Å²) < 4.78 is 41.3. The highest BCUT2D eigenvalue weighted by atomic mass is 19.4. The maximum atomic E-state index is 13.0. The predicted molar refractivity (Wildman–Crippen MR) is 113 cm³/mol. The van der Waals surface area contributed by atoms with Gasteiger partial charge in [0.05, 0.1) is 17.4 Å². The van der Waals surface area contributed by atoms with Crippen LogP contribution in [0.5, 0.6) is 0 Å². The van der Waals surface area contributed by atoms with Crippen molar-refractivity contribution in [2.45, 2.75) is 19.6 Å². The molecule has 0 unspecified atom stereocenters. The van der Waals surface area contributed by atoms with Crippen LogP contribution in [0.15, 0.2) is 65.8 Å². The maximum absolute atomic E-state index is 13.0. The lowest BCUT2D eigenvalue weighted by Gasteiger charge is -2.10. The average molecular weight is 455 g/mol. The number of amides is 1. The van der Waals surface area contributed by atoms with Gasteiger partial charge in [0.25, 0.3) is 5.56 Å². The van der Waals surface area contributed by atoms with Crippen molar-refractivity contribution in [3.63, 3.8) is 0 Å². The van der Waals surface area contributed by atoms with Crippen molar-refractivity contribution in [1.82, 2.24) is 19.3 Å². The summed E-state index contributed by atoms with van der Waals surface area (Å²) in [6.45, 7) is 1.04. The second-order valence-corrected chi connectivity index (χ2v) is 7.20. The molecule has 4 rings (SSSR count). The Labute approximate surface area is 184 Å². The fourth-order valence-corrected chi connectivity index (χ4v) is 3.24. The zero-order valence-corrected chi connectivity index (χ0v) is 17.1. The van der Waals surface area contributed by atoms with Crippen molar-refractivity contribution < 1.29 is 22.8 Å². The van der Waals surface area contributed by atoms with Gasteiger partial charge >= 0.3 is 6.18 Å². The number of rotatable bonds is 5. The molecule has 0 atom stereocenters. The standard InChI is InChI=1S/C22H16F3N5O3/c1-13(31)14-4-2-6-16(8-14)28-19(32)11-29-12-26-20-18(21(29)33)10-27-30(20)17-7-3-5-15(9-17)22(23,24)25/h2-10,12H,11H2,1H3,(H,28,32). The number of ketones is 1. The van der Waals surface area contributed by atoms with Gasteiger partial charge in [0.1, 0.15) is 18.3 Å². The number of nitrogens with one attached hydrogen (secondary N) is 1. The molecule has 4 aromatic rings. The minimum Gasteiger partial charge on any atom is -0.325 e. The number of nitrogens with zero attached hydrogens (tertiary/aromatic N) is 4. The number of benzene rings is 2. The van der Waals surface area contributed by atoms with E-state index < -0.39 is 23.2 Å². The number of halogens is 3. The summed E-state index contributed by atoms with van der Waals surface area (Å²) in [7, 11) is 0. The van der Waals surface area contributed by atoms with Gasteiger partial charge in [0.15, 0.2) is 11.4 Å². The molecule has 1 N–H and O–H groups in total. The number of anilines is 1. The molecule has 0 bridgehead atoms. The molecule has 0 fully saturated rings. The first-order chi connectivity index (χ1) is 15.6. The van der Waals surface area contributed by atoms with Gasteiger partial charge in [0, 0.05) is 11.3 Å². The van der Waals surface area contributed by atoms with Gasteiger partial charge in [-0.1, -0.05) is 18.2 Å². The van der Waals surface area contributed by atoms with E-state index in [1.54, 1.807) is 18.2 Å². The predicted octanol–water partition coefficient (Wildman–Crippen LogP) is 3.44. The van der Waals surface area contributed by atoms with E-state index in [4.69, 9.17) is 0 Å². The molecule has 168 valence electrons. The number of Topliss-reactive ketones (excluding diaryl/α,β-unsaturated/α-hetero) is 1. The van der Waals surface area contributed by atoms with E-state index in [2.05, 4.69) is 15.4 Å². The molecule has 33 heavy (non-hydrogen) atoms. The highest BCUT2D eigenvalue weighted by Gasteiger charge is 2.30. The Morgan fingerprint density at radius 1 is 1.09 bits per heavy atom. The number of alkyl halides is 3. The Hall–Kier alpha value is -4.28. The third kappa shape index (κ3) is 4.52. The molecule has 0 aliphatic rings. The number of hydrogen-bond donors (Lipinski definition) is 1. The molecule has 11 heteroatoms. The summed E-state index contributed by atoms with van der Waals surface area (Å²) >= 11 is 0. The number of fused-ring (bicyclic) bond motifs is 1. The van der Waals surface area contributed by atoms with Crippen LogP contribution >= 0.6 is 0 Å². The summed E-state index contributed by atoms with van der Waals surface area (Å²) in [5.74, 6) is -0.682. The lowest BCUT2D eigenvalue weighted by atomic mass is 10.1. The number of hydrogen-bond acceptors (Lipinski definition) is 5. The highest BCUT2D eigenvalue weighted by molar-refractivity contribution is 5.97. The van der Waals surface area contributed by atoms with Gasteiger partial charge in [-0.2, -0.15) is 18.3 Å². The fourth-order valence-electron chi connectivity index (χ4n) is 3.24. The summed E-state index contributed by atoms with van der Waals surface area (Å²) in [6.07, 6.45) is -2.21. The minimum absolute atomic E-state index is 0.0429. The molecule has 8 nitrogen and oxygen atoms in total. The monoisotopic (exact) mass is 455 g/mol. The van der Waals surface area contributed by atoms with Crippen molar-refractivity contribution in [1.29, 1.82) is 0 Å². The second kappa shape index (κ2) is 8.34. The third-order valence-corrected chi connectivity index (χ3v) is 4.84. The van der Waals surface area contributed by atoms with E-state index in [0.29, 0.717) is 11.3 Å². The topological polar surface area (TPSA) is 98.9 Å². The largest absolute Gasteiger partial charge is 0.416 e. The van der Waals surface area contributed by atoms with Gasteiger partial charge in [0.2, 0.25) is 5.91 Å². The average Bonchev–Trinajstić information content (AvgIpc) is 3.20. The van der Waals surface area contributed by atoms with Gasteiger partial charge in [-0.05, 0) is 37.3 Å². The van der Waals surface area contributed by atoms with Crippen LogP contribution in [0.4, 0.5) is 18.9 Å². The zero-order chi connectivity index (χ0) is 23.8. The Morgan fingerprint density at radius 2 is 1.85 bits per heavy atom. The summed E-state index contributed by atoms with van der Waals surface area (Å²) in [6, 6.07) is 10.8. The molecule has 0 saturated heterocycles. The minimum atomic E-state index is -4.53. The first kappa shape index (κ1) is 21.9. The smallest absolute Gasteiger partial charge is 0.325 e. The Bertz CT molecular complexity index is 1440. The summed E-state index contributed by atoms with van der Waals surface area (Å²) in [5.41, 5.74) is -0.465. The van der Waals surface area contributed by atoms with E-state index in [1.165, 1.54) is 31.3 Å². The molecule has 0 radical (unpaired) electrons. The molecule has 2 aromatic carbocycles. The Kier molecular flexibility index (Phi) is 5.54. The van der Waals surface area contributed by atoms with Gasteiger partial charge in [-0.25, -0.2) is 9.67 Å². The number of carbonyl (C=O) groups excluding carboxylic acids is 2. The summed E-state index contributed by atoms with van der Waals surface area (Å²) in [4.78, 5) is 40.8. The van der Waals surface area contributed by atoms with Crippen LogP contribution in [0.1, 0.15) is 22.8 Å². The molecule has 0 aliphatic carbocycles. The molecule has 1 amide bonds. The molecular formula is C22H16F3N5O3. The van der Waals surface area contributed by atoms with Gasteiger partial charge < -0.3 is 5.32 Å². The van der Waals surface area contributed by atoms with E-state index in [-0.39, 0.29) is 29.0 Å². The second-order valence-electron chi connectivity index (χ2n) is 7.20. The molecule has 2 heterocycles. The molecule has 0 aliphatic heterocycles. The van der Waals surface area contributed by atoms with Gasteiger partial charge in [-0.3, -0.25) is 19.0 Å². The van der Waals surface area contributed by atoms with Crippen molar-refractivity contribution in [2.75, 3.05) is 5.32 Å². The Balaban J connectivity index is 1.60. The van der Waals surface area contributed by atoms with Crippen molar-refractivity contribution in [3.05, 3.63) is 82.5 Å².